The molecule has 0 aliphatic rings. The van der Waals surface area contributed by atoms with Crippen molar-refractivity contribution in [2.75, 3.05) is 33.2 Å². The van der Waals surface area contributed by atoms with Gasteiger partial charge >= 0.3 is 18.2 Å². The standard InChI is InChI=1S/C18H37N5O5.2ClH/c1-6-8-10-21-17(25)27-14(3)23(13-12-20-16(24)19-5)15(4)28-18(26)22-11-9-7-2;;/h14-15H,6-13H2,1-5H3,(H,21,25)(H,22,26)(H2,19,20,24);2*1H. The summed E-state index contributed by atoms with van der Waals surface area (Å²) < 4.78 is 10.8. The molecule has 0 aromatic carbocycles. The van der Waals surface area contributed by atoms with Gasteiger partial charge in [-0.15, -0.1) is 24.8 Å². The first-order valence-corrected chi connectivity index (χ1v) is 9.95. The van der Waals surface area contributed by atoms with Crippen molar-refractivity contribution in [2.24, 2.45) is 0 Å². The number of nitrogens with zero attached hydrogens (tertiary/aromatic N) is 1. The van der Waals surface area contributed by atoms with Crippen molar-refractivity contribution in [3.8, 4) is 0 Å². The Kier molecular flexibility index (Phi) is 22.7. The van der Waals surface area contributed by atoms with Crippen LogP contribution in [0.5, 0.6) is 0 Å². The Bertz CT molecular complexity index is 444. The molecule has 0 saturated carbocycles. The van der Waals surface area contributed by atoms with Crippen LogP contribution < -0.4 is 21.3 Å². The lowest BCUT2D eigenvalue weighted by Crippen LogP contribution is -2.50. The van der Waals surface area contributed by atoms with Crippen molar-refractivity contribution in [3.05, 3.63) is 0 Å². The van der Waals surface area contributed by atoms with Crippen LogP contribution in [0.2, 0.25) is 0 Å². The third-order valence-electron chi connectivity index (χ3n) is 3.97. The molecule has 2 atom stereocenters. The van der Waals surface area contributed by atoms with E-state index in [4.69, 9.17) is 9.47 Å². The number of amides is 4. The van der Waals surface area contributed by atoms with E-state index in [0.717, 1.165) is 25.7 Å². The smallest absolute Gasteiger partial charge is 0.408 e. The van der Waals surface area contributed by atoms with E-state index in [1.807, 2.05) is 13.8 Å². The Morgan fingerprint density at radius 2 is 1.23 bits per heavy atom. The minimum Gasteiger partial charge on any atom is -0.430 e. The zero-order valence-corrected chi connectivity index (χ0v) is 20.2. The third kappa shape index (κ3) is 16.2. The number of hydrogen-bond donors (Lipinski definition) is 4. The number of carbonyl (C=O) groups is 3. The van der Waals surface area contributed by atoms with Crippen molar-refractivity contribution in [2.45, 2.75) is 65.8 Å². The zero-order valence-electron chi connectivity index (χ0n) is 18.6. The summed E-state index contributed by atoms with van der Waals surface area (Å²) in [7, 11) is 1.52. The van der Waals surface area contributed by atoms with Gasteiger partial charge in [0.05, 0.1) is 0 Å². The van der Waals surface area contributed by atoms with Crippen molar-refractivity contribution < 1.29 is 23.9 Å². The fraction of sp³-hybridized carbons (Fsp3) is 0.833. The summed E-state index contributed by atoms with van der Waals surface area (Å²) in [5.41, 5.74) is 0. The highest BCUT2D eigenvalue weighted by Gasteiger charge is 2.25. The maximum absolute atomic E-state index is 11.9. The quantitative estimate of drug-likeness (QED) is 0.240. The minimum atomic E-state index is -0.661. The summed E-state index contributed by atoms with van der Waals surface area (Å²) in [4.78, 5) is 36.9. The van der Waals surface area contributed by atoms with E-state index in [-0.39, 0.29) is 37.4 Å². The van der Waals surface area contributed by atoms with Gasteiger partial charge in [0.25, 0.3) is 0 Å². The molecule has 12 heteroatoms. The van der Waals surface area contributed by atoms with Crippen LogP contribution >= 0.6 is 24.8 Å². The molecule has 0 aliphatic carbocycles. The van der Waals surface area contributed by atoms with Gasteiger partial charge in [-0.05, 0) is 26.7 Å². The molecule has 0 saturated heterocycles. The molecule has 0 aliphatic heterocycles. The van der Waals surface area contributed by atoms with Gasteiger partial charge < -0.3 is 30.7 Å². The van der Waals surface area contributed by atoms with Crippen molar-refractivity contribution in [1.82, 2.24) is 26.2 Å². The second-order valence-electron chi connectivity index (χ2n) is 6.31. The summed E-state index contributed by atoms with van der Waals surface area (Å²) in [6.07, 6.45) is 1.25. The van der Waals surface area contributed by atoms with E-state index >= 15 is 0 Å². The Balaban J connectivity index is -0.00000364. The lowest BCUT2D eigenvalue weighted by Gasteiger charge is -2.33. The van der Waals surface area contributed by atoms with Crippen LogP contribution in [0.4, 0.5) is 14.4 Å². The van der Waals surface area contributed by atoms with Crippen LogP contribution in [0, 0.1) is 0 Å². The molecule has 0 spiro atoms. The summed E-state index contributed by atoms with van der Waals surface area (Å²) in [6.45, 7) is 9.11. The van der Waals surface area contributed by atoms with E-state index in [0.29, 0.717) is 19.6 Å². The molecular weight excluding hydrogens is 437 g/mol. The minimum absolute atomic E-state index is 0. The summed E-state index contributed by atoms with van der Waals surface area (Å²) in [6, 6.07) is -0.322. The molecule has 0 bridgehead atoms. The number of hydrogen-bond acceptors (Lipinski definition) is 6. The van der Waals surface area contributed by atoms with Gasteiger partial charge in [-0.1, -0.05) is 26.7 Å². The topological polar surface area (TPSA) is 121 Å². The van der Waals surface area contributed by atoms with Crippen molar-refractivity contribution in [1.29, 1.82) is 0 Å². The molecule has 2 unspecified atom stereocenters. The first-order valence-electron chi connectivity index (χ1n) is 9.95. The van der Waals surface area contributed by atoms with Crippen LogP contribution in [0.3, 0.4) is 0 Å². The first kappa shape index (κ1) is 33.0. The first-order chi connectivity index (χ1) is 13.3. The number of rotatable bonds is 13. The molecule has 0 aromatic rings. The molecule has 0 heterocycles. The maximum Gasteiger partial charge on any atom is 0.408 e. The molecule has 180 valence electrons. The molecule has 0 aromatic heterocycles. The van der Waals surface area contributed by atoms with E-state index < -0.39 is 24.6 Å². The van der Waals surface area contributed by atoms with Gasteiger partial charge in [0.15, 0.2) is 12.5 Å². The number of ether oxygens (including phenoxy) is 2. The number of nitrogens with one attached hydrogen (secondary N) is 4. The third-order valence-corrected chi connectivity index (χ3v) is 3.97. The Hall–Kier alpha value is -1.65. The lowest BCUT2D eigenvalue weighted by atomic mass is 10.3. The highest BCUT2D eigenvalue weighted by atomic mass is 35.5. The Morgan fingerprint density at radius 3 is 1.60 bits per heavy atom. The van der Waals surface area contributed by atoms with Crippen LogP contribution in [0.25, 0.3) is 0 Å². The van der Waals surface area contributed by atoms with Gasteiger partial charge in [-0.25, -0.2) is 19.3 Å². The number of carbonyl (C=O) groups excluding carboxylic acids is 3. The van der Waals surface area contributed by atoms with Gasteiger partial charge in [0.1, 0.15) is 0 Å². The second-order valence-corrected chi connectivity index (χ2v) is 6.31. The molecule has 0 rings (SSSR count). The second kappa shape index (κ2) is 20.6. The largest absolute Gasteiger partial charge is 0.430 e. The summed E-state index contributed by atoms with van der Waals surface area (Å²) >= 11 is 0. The molecule has 0 radical (unpaired) electrons. The fourth-order valence-corrected chi connectivity index (χ4v) is 2.31. The van der Waals surface area contributed by atoms with E-state index in [1.54, 1.807) is 18.7 Å². The fourth-order valence-electron chi connectivity index (χ4n) is 2.31. The van der Waals surface area contributed by atoms with E-state index in [2.05, 4.69) is 21.3 Å². The molecule has 10 nitrogen and oxygen atoms in total. The SMILES string of the molecule is CCCCNC(=O)OC(C)N(CCNC(=O)NC)C(C)OC(=O)NCCCC.Cl.Cl. The normalized spacial score (nSPS) is 11.8. The number of unbranched alkanes of at least 4 members (excludes halogenated alkanes) is 2. The number of urea groups is 1. The molecule has 30 heavy (non-hydrogen) atoms. The van der Waals surface area contributed by atoms with Gasteiger partial charge in [0, 0.05) is 33.2 Å². The van der Waals surface area contributed by atoms with Gasteiger partial charge in [0.2, 0.25) is 0 Å². The van der Waals surface area contributed by atoms with Crippen LogP contribution in [-0.2, 0) is 9.47 Å². The van der Waals surface area contributed by atoms with E-state index in [1.165, 1.54) is 7.05 Å². The summed E-state index contributed by atoms with van der Waals surface area (Å²) in [5, 5.41) is 10.5. The predicted octanol–water partition coefficient (Wildman–Crippen LogP) is 2.81. The zero-order chi connectivity index (χ0) is 21.4. The molecule has 4 amide bonds. The predicted molar refractivity (Wildman–Crippen MR) is 121 cm³/mol. The highest BCUT2D eigenvalue weighted by Crippen LogP contribution is 2.09. The average Bonchev–Trinajstić information content (AvgIpc) is 2.65. The van der Waals surface area contributed by atoms with E-state index in [9.17, 15) is 14.4 Å². The highest BCUT2D eigenvalue weighted by molar-refractivity contribution is 5.85. The molecule has 4 N–H and O–H groups in total. The Labute approximate surface area is 192 Å². The van der Waals surface area contributed by atoms with Crippen LogP contribution in [0.1, 0.15) is 53.4 Å². The van der Waals surface area contributed by atoms with Crippen LogP contribution in [-0.4, -0.2) is 68.8 Å². The number of alkyl carbamates (subject to hydrolysis) is 2. The lowest BCUT2D eigenvalue weighted by molar-refractivity contribution is -0.0904. The molecule has 0 fully saturated rings. The van der Waals surface area contributed by atoms with Crippen molar-refractivity contribution >= 4 is 43.0 Å². The Morgan fingerprint density at radius 1 is 0.800 bits per heavy atom. The maximum atomic E-state index is 11.9. The van der Waals surface area contributed by atoms with Gasteiger partial charge in [-0.3, -0.25) is 0 Å². The molecular formula is C18H39Cl2N5O5. The summed E-state index contributed by atoms with van der Waals surface area (Å²) in [5.74, 6) is 0. The van der Waals surface area contributed by atoms with Gasteiger partial charge in [-0.2, -0.15) is 0 Å². The van der Waals surface area contributed by atoms with Crippen molar-refractivity contribution in [3.63, 3.8) is 0 Å². The monoisotopic (exact) mass is 475 g/mol. The number of halogens is 2. The van der Waals surface area contributed by atoms with Crippen LogP contribution in [0.15, 0.2) is 0 Å². The average molecular weight is 476 g/mol.